The third-order valence-corrected chi connectivity index (χ3v) is 3.07. The summed E-state index contributed by atoms with van der Waals surface area (Å²) >= 11 is 0. The van der Waals surface area contributed by atoms with Crippen molar-refractivity contribution in [2.24, 2.45) is 5.92 Å². The van der Waals surface area contributed by atoms with E-state index in [0.29, 0.717) is 32.3 Å². The van der Waals surface area contributed by atoms with Crippen LogP contribution >= 0.6 is 17.5 Å². The Morgan fingerprint density at radius 1 is 1.33 bits per heavy atom. The molecular formula is C10H18O6P2. The lowest BCUT2D eigenvalue weighted by molar-refractivity contribution is -0.142. The summed E-state index contributed by atoms with van der Waals surface area (Å²) in [6.45, 7) is 2.08. The lowest BCUT2D eigenvalue weighted by atomic mass is 9.97. The highest BCUT2D eigenvalue weighted by atomic mass is 31.1. The molecule has 0 aromatic heterocycles. The Balaban J connectivity index is 3.82. The number of aliphatic carboxylic acids is 1. The second-order valence-electron chi connectivity index (χ2n) is 3.66. The van der Waals surface area contributed by atoms with Gasteiger partial charge in [0, 0.05) is 6.42 Å². The topological polar surface area (TPSA) is 89.9 Å². The number of rotatable bonds is 11. The SMILES string of the molecule is CPOC(=O)CCC(CCCCOP=O)C(=O)O. The van der Waals surface area contributed by atoms with E-state index in [-0.39, 0.29) is 29.9 Å². The maximum absolute atomic E-state index is 11.1. The molecule has 0 saturated heterocycles. The van der Waals surface area contributed by atoms with Gasteiger partial charge in [0.05, 0.1) is 21.3 Å². The lowest BCUT2D eigenvalue weighted by Crippen LogP contribution is -2.15. The standard InChI is InChI=1S/C10H18O6P2/c1-17-16-9(11)6-5-8(10(12)13)4-2-3-7-15-18-14/h8,17H,2-7H2,1H3,(H,12,13). The van der Waals surface area contributed by atoms with Crippen molar-refractivity contribution in [3.05, 3.63) is 0 Å². The number of carboxylic acids is 1. The molecule has 0 aliphatic heterocycles. The van der Waals surface area contributed by atoms with Crippen LogP contribution in [0.25, 0.3) is 0 Å². The molecule has 1 N–H and O–H groups in total. The monoisotopic (exact) mass is 296 g/mol. The molecular weight excluding hydrogens is 278 g/mol. The summed E-state index contributed by atoms with van der Waals surface area (Å²) in [5.74, 6) is -1.79. The van der Waals surface area contributed by atoms with Crippen LogP contribution in [0.3, 0.4) is 0 Å². The number of hydrogen-bond acceptors (Lipinski definition) is 5. The maximum Gasteiger partial charge on any atom is 0.327 e. The van der Waals surface area contributed by atoms with Crippen LogP contribution in [0.1, 0.15) is 32.1 Å². The van der Waals surface area contributed by atoms with E-state index in [0.717, 1.165) is 0 Å². The second-order valence-corrected chi connectivity index (χ2v) is 4.68. The van der Waals surface area contributed by atoms with E-state index in [4.69, 9.17) is 9.63 Å². The van der Waals surface area contributed by atoms with Crippen molar-refractivity contribution in [3.63, 3.8) is 0 Å². The summed E-state index contributed by atoms with van der Waals surface area (Å²) in [5.41, 5.74) is 0. The molecule has 0 aliphatic carbocycles. The molecule has 0 radical (unpaired) electrons. The van der Waals surface area contributed by atoms with Gasteiger partial charge >= 0.3 is 20.6 Å². The minimum absolute atomic E-state index is 0.0929. The van der Waals surface area contributed by atoms with E-state index in [2.05, 4.69) is 4.52 Å². The van der Waals surface area contributed by atoms with Crippen LogP contribution in [-0.2, 0) is 23.2 Å². The fraction of sp³-hybridized carbons (Fsp3) is 0.800. The Hall–Kier alpha value is -0.570. The second kappa shape index (κ2) is 11.5. The fourth-order valence-corrected chi connectivity index (χ4v) is 1.98. The Morgan fingerprint density at radius 2 is 2.06 bits per heavy atom. The third-order valence-electron chi connectivity index (χ3n) is 2.35. The van der Waals surface area contributed by atoms with Gasteiger partial charge in [0.2, 0.25) is 0 Å². The molecule has 0 aliphatic rings. The summed E-state index contributed by atoms with van der Waals surface area (Å²) in [6, 6.07) is 0. The van der Waals surface area contributed by atoms with Crippen molar-refractivity contribution in [3.8, 4) is 0 Å². The van der Waals surface area contributed by atoms with E-state index >= 15 is 0 Å². The van der Waals surface area contributed by atoms with Gasteiger partial charge < -0.3 is 9.63 Å². The molecule has 0 aromatic carbocycles. The fourth-order valence-electron chi connectivity index (χ4n) is 1.44. The quantitative estimate of drug-likeness (QED) is 0.465. The first-order valence-electron chi connectivity index (χ1n) is 5.65. The highest BCUT2D eigenvalue weighted by Crippen LogP contribution is 2.17. The molecule has 8 heteroatoms. The minimum Gasteiger partial charge on any atom is -0.481 e. The maximum atomic E-state index is 11.1. The van der Waals surface area contributed by atoms with Crippen LogP contribution < -0.4 is 0 Å². The van der Waals surface area contributed by atoms with Gasteiger partial charge in [-0.1, -0.05) is 6.42 Å². The van der Waals surface area contributed by atoms with Gasteiger partial charge in [0.25, 0.3) is 0 Å². The van der Waals surface area contributed by atoms with Crippen molar-refractivity contribution in [2.75, 3.05) is 13.3 Å². The average molecular weight is 296 g/mol. The first-order valence-corrected chi connectivity index (χ1v) is 7.79. The molecule has 104 valence electrons. The van der Waals surface area contributed by atoms with Gasteiger partial charge in [0.15, 0.2) is 0 Å². The summed E-state index contributed by atoms with van der Waals surface area (Å²) in [7, 11) is -0.263. The smallest absolute Gasteiger partial charge is 0.327 e. The molecule has 0 amide bonds. The molecule has 2 atom stereocenters. The predicted octanol–water partition coefficient (Wildman–Crippen LogP) is 2.63. The highest BCUT2D eigenvalue weighted by molar-refractivity contribution is 7.31. The Kier molecular flexibility index (Phi) is 11.2. The van der Waals surface area contributed by atoms with Crippen molar-refractivity contribution in [2.45, 2.75) is 32.1 Å². The highest BCUT2D eigenvalue weighted by Gasteiger charge is 2.18. The van der Waals surface area contributed by atoms with Gasteiger partial charge in [-0.2, -0.15) is 0 Å². The molecule has 0 spiro atoms. The molecule has 18 heavy (non-hydrogen) atoms. The number of carbonyl (C=O) groups is 2. The van der Waals surface area contributed by atoms with Gasteiger partial charge in [-0.15, -0.1) is 0 Å². The zero-order valence-corrected chi connectivity index (χ0v) is 12.2. The number of carbonyl (C=O) groups excluding carboxylic acids is 1. The number of unbranched alkanes of at least 4 members (excludes halogenated alkanes) is 1. The van der Waals surface area contributed by atoms with Crippen molar-refractivity contribution < 1.29 is 28.3 Å². The Bertz CT molecular complexity index is 271. The molecule has 2 unspecified atom stereocenters. The average Bonchev–Trinajstić information content (AvgIpc) is 2.32. The molecule has 0 heterocycles. The summed E-state index contributed by atoms with van der Waals surface area (Å²) < 4.78 is 19.4. The summed E-state index contributed by atoms with van der Waals surface area (Å²) in [4.78, 5) is 22.1. The van der Waals surface area contributed by atoms with E-state index in [9.17, 15) is 14.2 Å². The minimum atomic E-state index is -0.899. The van der Waals surface area contributed by atoms with E-state index in [1.807, 2.05) is 0 Å². The normalized spacial score (nSPS) is 12.9. The Labute approximate surface area is 110 Å². The van der Waals surface area contributed by atoms with Crippen LogP contribution in [0.5, 0.6) is 0 Å². The first kappa shape index (κ1) is 17.4. The molecule has 0 fully saturated rings. The zero-order chi connectivity index (χ0) is 13.8. The Morgan fingerprint density at radius 3 is 2.61 bits per heavy atom. The predicted molar refractivity (Wildman–Crippen MR) is 68.1 cm³/mol. The molecule has 0 bridgehead atoms. The molecule has 0 rings (SSSR count). The lowest BCUT2D eigenvalue weighted by Gasteiger charge is -2.11. The number of hydrogen-bond donors (Lipinski definition) is 1. The van der Waals surface area contributed by atoms with Crippen LogP contribution in [0.2, 0.25) is 0 Å². The van der Waals surface area contributed by atoms with E-state index in [1.165, 1.54) is 0 Å². The van der Waals surface area contributed by atoms with Crippen LogP contribution in [0.15, 0.2) is 0 Å². The van der Waals surface area contributed by atoms with Crippen molar-refractivity contribution in [1.82, 2.24) is 0 Å². The third kappa shape index (κ3) is 9.46. The summed E-state index contributed by atoms with van der Waals surface area (Å²) in [5, 5.41) is 8.99. The van der Waals surface area contributed by atoms with Crippen LogP contribution in [0.4, 0.5) is 0 Å². The van der Waals surface area contributed by atoms with Gasteiger partial charge in [-0.3, -0.25) is 14.1 Å². The van der Waals surface area contributed by atoms with E-state index < -0.39 is 11.9 Å². The molecule has 0 saturated carbocycles. The van der Waals surface area contributed by atoms with Crippen molar-refractivity contribution in [1.29, 1.82) is 0 Å². The molecule has 0 aromatic rings. The van der Waals surface area contributed by atoms with Crippen molar-refractivity contribution >= 4 is 29.4 Å². The summed E-state index contributed by atoms with van der Waals surface area (Å²) in [6.07, 6.45) is 2.22. The van der Waals surface area contributed by atoms with Crippen LogP contribution in [0, 0.1) is 5.92 Å². The zero-order valence-electron chi connectivity index (χ0n) is 10.3. The number of carboxylic acid groups (broad SMARTS) is 1. The van der Waals surface area contributed by atoms with Gasteiger partial charge in [0.1, 0.15) is 0 Å². The van der Waals surface area contributed by atoms with E-state index in [1.54, 1.807) is 6.66 Å². The first-order chi connectivity index (χ1) is 8.61. The van der Waals surface area contributed by atoms with Crippen LogP contribution in [-0.4, -0.2) is 30.3 Å². The largest absolute Gasteiger partial charge is 0.481 e. The molecule has 6 nitrogen and oxygen atoms in total. The van der Waals surface area contributed by atoms with Gasteiger partial charge in [-0.25, -0.2) is 4.57 Å². The van der Waals surface area contributed by atoms with Gasteiger partial charge in [-0.05, 0) is 25.9 Å².